The van der Waals surface area contributed by atoms with Gasteiger partial charge in [-0.2, -0.15) is 0 Å². The lowest BCUT2D eigenvalue weighted by molar-refractivity contribution is -0.107. The van der Waals surface area contributed by atoms with Gasteiger partial charge < -0.3 is 4.74 Å². The molecule has 0 aliphatic heterocycles. The minimum Gasteiger partial charge on any atom is -0.374 e. The van der Waals surface area contributed by atoms with E-state index in [0.717, 1.165) is 53.6 Å². The largest absolute Gasteiger partial charge is 0.374 e. The van der Waals surface area contributed by atoms with Crippen molar-refractivity contribution >= 4 is 6.71 Å². The molecule has 0 aromatic heterocycles. The monoisotopic (exact) mass is 460 g/mol. The van der Waals surface area contributed by atoms with E-state index in [0.29, 0.717) is 24.1 Å². The molecular weight excluding hydrogens is 411 g/mol. The highest BCUT2D eigenvalue weighted by atomic mass is 16.5. The zero-order chi connectivity index (χ0) is 24.4. The molecule has 7 rings (SSSR count). The topological polar surface area (TPSA) is 9.23 Å². The fourth-order valence-electron chi connectivity index (χ4n) is 9.63. The maximum absolute atomic E-state index is 6.34. The Kier molecular flexibility index (Phi) is 6.40. The van der Waals surface area contributed by atoms with Gasteiger partial charge in [-0.15, -0.1) is 12.1 Å². The molecule has 6 fully saturated rings. The van der Waals surface area contributed by atoms with Gasteiger partial charge in [-0.3, -0.25) is 0 Å². The Morgan fingerprint density at radius 1 is 0.912 bits per heavy atom. The van der Waals surface area contributed by atoms with Gasteiger partial charge in [0.2, 0.25) is 0 Å². The Morgan fingerprint density at radius 3 is 1.85 bits per heavy atom. The van der Waals surface area contributed by atoms with Crippen LogP contribution in [0.25, 0.3) is 0 Å². The first-order valence-electron chi connectivity index (χ1n) is 14.3. The smallest absolute Gasteiger partial charge is 0.176 e. The zero-order valence-electron chi connectivity index (χ0n) is 23.0. The molecule has 6 aliphatic carbocycles. The van der Waals surface area contributed by atoms with Crippen LogP contribution in [0.2, 0.25) is 11.6 Å². The molecular formula is C32H49BO. The summed E-state index contributed by atoms with van der Waals surface area (Å²) in [6.45, 7) is 23.9. The Hall–Kier alpha value is -1.02. The second-order valence-corrected chi connectivity index (χ2v) is 14.2. The molecule has 186 valence electrons. The first-order chi connectivity index (χ1) is 16.0. The summed E-state index contributed by atoms with van der Waals surface area (Å²) in [5, 5.41) is 0. The van der Waals surface area contributed by atoms with Crippen molar-refractivity contribution in [3.63, 3.8) is 0 Å². The summed E-state index contributed by atoms with van der Waals surface area (Å²) in [6, 6.07) is 10.6. The summed E-state index contributed by atoms with van der Waals surface area (Å²) in [7, 11) is 0. The van der Waals surface area contributed by atoms with E-state index >= 15 is 0 Å². The molecule has 0 saturated heterocycles. The number of rotatable bonds is 8. The Bertz CT molecular complexity index is 846. The maximum Gasteiger partial charge on any atom is 0.176 e. The third kappa shape index (κ3) is 3.95. The van der Waals surface area contributed by atoms with Gasteiger partial charge >= 0.3 is 0 Å². The molecule has 1 aromatic rings. The van der Waals surface area contributed by atoms with Gasteiger partial charge in [-0.05, 0) is 78.1 Å². The van der Waals surface area contributed by atoms with E-state index in [1.807, 2.05) is 0 Å². The van der Waals surface area contributed by atoms with Crippen LogP contribution in [0.5, 0.6) is 0 Å². The molecule has 6 aliphatic rings. The lowest BCUT2D eigenvalue weighted by Crippen LogP contribution is -2.60. The third-order valence-electron chi connectivity index (χ3n) is 12.1. The van der Waals surface area contributed by atoms with Crippen molar-refractivity contribution in [2.45, 2.75) is 105 Å². The molecule has 0 spiro atoms. The molecule has 6 saturated carbocycles. The second kappa shape index (κ2) is 8.83. The van der Waals surface area contributed by atoms with Crippen LogP contribution in [-0.4, -0.2) is 12.8 Å². The van der Waals surface area contributed by atoms with Crippen LogP contribution < -0.4 is 0 Å². The molecule has 34 heavy (non-hydrogen) atoms. The first kappa shape index (κ1) is 24.7. The van der Waals surface area contributed by atoms with Gasteiger partial charge in [0.05, 0.1) is 12.7 Å². The predicted octanol–water partition coefficient (Wildman–Crippen LogP) is 8.72. The average molecular weight is 461 g/mol. The molecule has 0 radical (unpaired) electrons. The van der Waals surface area contributed by atoms with Gasteiger partial charge in [0.15, 0.2) is 6.71 Å². The number of hydrogen-bond acceptors (Lipinski definition) is 1. The van der Waals surface area contributed by atoms with Crippen LogP contribution >= 0.6 is 0 Å². The average Bonchev–Trinajstić information content (AvgIpc) is 2.79. The quantitative estimate of drug-likeness (QED) is 0.353. The molecule has 0 N–H and O–H groups in total. The molecule has 0 amide bonds. The molecule has 0 unspecified atom stereocenters. The van der Waals surface area contributed by atoms with E-state index in [1.165, 1.54) is 36.7 Å². The van der Waals surface area contributed by atoms with Crippen molar-refractivity contribution in [2.24, 2.45) is 46.3 Å². The lowest BCUT2D eigenvalue weighted by atomic mass is 9.19. The van der Waals surface area contributed by atoms with Crippen molar-refractivity contribution in [3.8, 4) is 0 Å². The number of fused-ring (bicyclic) bond motifs is 4. The summed E-state index contributed by atoms with van der Waals surface area (Å²) in [4.78, 5) is 0. The molecule has 1 nitrogen and oxygen atoms in total. The molecule has 9 atom stereocenters. The fraction of sp³-hybridized carbons (Fsp3) is 0.750. The van der Waals surface area contributed by atoms with Gasteiger partial charge in [0.25, 0.3) is 0 Å². The van der Waals surface area contributed by atoms with E-state index in [-0.39, 0.29) is 6.10 Å². The molecule has 2 heteroatoms. The van der Waals surface area contributed by atoms with Gasteiger partial charge in [-0.1, -0.05) is 96.4 Å². The van der Waals surface area contributed by atoms with E-state index in [2.05, 4.69) is 78.8 Å². The van der Waals surface area contributed by atoms with Crippen LogP contribution in [0, 0.1) is 46.3 Å². The SMILES string of the molecule is C=C(C[C@@H](C)OCc1ccccc1)B([C@H]1C[C@H]2C[C@@H]([C@@H]1C)C2(C)C)[C@H]1C[C@H]2C[C@@H]([C@@H]1C)C2(C)C. The van der Waals surface area contributed by atoms with E-state index in [1.54, 1.807) is 0 Å². The predicted molar refractivity (Wildman–Crippen MR) is 146 cm³/mol. The number of ether oxygens (including phenoxy) is 1. The first-order valence-corrected chi connectivity index (χ1v) is 14.3. The minimum atomic E-state index is 0.227. The van der Waals surface area contributed by atoms with Crippen LogP contribution in [0.3, 0.4) is 0 Å². The van der Waals surface area contributed by atoms with Crippen molar-refractivity contribution in [1.29, 1.82) is 0 Å². The van der Waals surface area contributed by atoms with Gasteiger partial charge in [0.1, 0.15) is 0 Å². The standard InChI is InChI=1S/C32H49BO/c1-20(14-21(2)34-19-24-12-10-9-11-13-24)33(29-17-25-15-27(22(29)3)31(25,5)6)30-18-26-16-28(23(30)4)32(26,7)8/h9-13,21-23,25-30H,1,14-19H2,2-8H3/t21-,22+,23+,25-,26-,27+,28+,29+,30+/m1/s1. The summed E-state index contributed by atoms with van der Waals surface area (Å²) in [5.41, 5.74) is 3.88. The Labute approximate surface area is 210 Å². The molecule has 4 bridgehead atoms. The Balaban J connectivity index is 1.33. The summed E-state index contributed by atoms with van der Waals surface area (Å²) in [6.07, 6.45) is 7.04. The normalized spacial score (nSPS) is 40.0. The molecule has 0 heterocycles. The highest BCUT2D eigenvalue weighted by molar-refractivity contribution is 6.69. The minimum absolute atomic E-state index is 0.227. The number of benzene rings is 1. The lowest BCUT2D eigenvalue weighted by Gasteiger charge is -2.66. The second-order valence-electron chi connectivity index (χ2n) is 14.2. The Morgan fingerprint density at radius 2 is 1.41 bits per heavy atom. The van der Waals surface area contributed by atoms with E-state index < -0.39 is 0 Å². The van der Waals surface area contributed by atoms with Crippen molar-refractivity contribution in [1.82, 2.24) is 0 Å². The maximum atomic E-state index is 6.34. The van der Waals surface area contributed by atoms with Crippen molar-refractivity contribution in [3.05, 3.63) is 47.9 Å². The van der Waals surface area contributed by atoms with E-state index in [4.69, 9.17) is 11.3 Å². The van der Waals surface area contributed by atoms with Crippen LogP contribution in [0.4, 0.5) is 0 Å². The summed E-state index contributed by atoms with van der Waals surface area (Å²) < 4.78 is 6.34. The third-order valence-corrected chi connectivity index (χ3v) is 12.1. The van der Waals surface area contributed by atoms with Crippen LogP contribution in [0.15, 0.2) is 42.4 Å². The number of hydrogen-bond donors (Lipinski definition) is 0. The molecule has 1 aromatic carbocycles. The highest BCUT2D eigenvalue weighted by Crippen LogP contribution is 2.70. The van der Waals surface area contributed by atoms with Gasteiger partial charge in [0, 0.05) is 0 Å². The van der Waals surface area contributed by atoms with Gasteiger partial charge in [-0.25, -0.2) is 0 Å². The van der Waals surface area contributed by atoms with Crippen LogP contribution in [-0.2, 0) is 11.3 Å². The zero-order valence-corrected chi connectivity index (χ0v) is 23.0. The van der Waals surface area contributed by atoms with Crippen molar-refractivity contribution < 1.29 is 4.74 Å². The van der Waals surface area contributed by atoms with E-state index in [9.17, 15) is 0 Å². The summed E-state index contributed by atoms with van der Waals surface area (Å²) >= 11 is 0. The summed E-state index contributed by atoms with van der Waals surface area (Å²) in [5.74, 6) is 6.93. The fourth-order valence-corrected chi connectivity index (χ4v) is 9.63. The van der Waals surface area contributed by atoms with Crippen LogP contribution in [0.1, 0.15) is 86.1 Å². The highest BCUT2D eigenvalue weighted by Gasteiger charge is 2.62. The van der Waals surface area contributed by atoms with Crippen molar-refractivity contribution in [2.75, 3.05) is 0 Å².